The molecule has 0 aliphatic carbocycles. The van der Waals surface area contributed by atoms with Crippen molar-refractivity contribution in [2.75, 3.05) is 5.32 Å². The van der Waals surface area contributed by atoms with Crippen LogP contribution in [-0.2, 0) is 6.54 Å². The summed E-state index contributed by atoms with van der Waals surface area (Å²) in [6.07, 6.45) is 0. The van der Waals surface area contributed by atoms with Crippen molar-refractivity contribution in [3.63, 3.8) is 0 Å². The molecule has 6 heteroatoms. The van der Waals surface area contributed by atoms with Gasteiger partial charge < -0.3 is 10.4 Å². The number of hydrogen-bond acceptors (Lipinski definition) is 4. The maximum absolute atomic E-state index is 12.7. The molecule has 18 heavy (non-hydrogen) atoms. The highest BCUT2D eigenvalue weighted by Gasteiger charge is 2.04. The number of halogens is 1. The van der Waals surface area contributed by atoms with E-state index in [0.717, 1.165) is 5.56 Å². The molecule has 0 saturated heterocycles. The third-order valence-electron chi connectivity index (χ3n) is 2.27. The number of carboxylic acid groups (broad SMARTS) is 1. The van der Waals surface area contributed by atoms with Crippen LogP contribution in [0.5, 0.6) is 0 Å². The number of hydrogen-bond donors (Lipinski definition) is 2. The molecule has 5 nitrogen and oxygen atoms in total. The Kier molecular flexibility index (Phi) is 3.47. The van der Waals surface area contributed by atoms with E-state index in [9.17, 15) is 9.18 Å². The zero-order valence-electron chi connectivity index (χ0n) is 9.30. The van der Waals surface area contributed by atoms with E-state index in [-0.39, 0.29) is 11.5 Å². The van der Waals surface area contributed by atoms with Gasteiger partial charge in [0.1, 0.15) is 11.6 Å². The Labute approximate surface area is 102 Å². The van der Waals surface area contributed by atoms with E-state index < -0.39 is 5.97 Å². The van der Waals surface area contributed by atoms with Gasteiger partial charge in [-0.2, -0.15) is 0 Å². The van der Waals surface area contributed by atoms with Crippen molar-refractivity contribution < 1.29 is 14.3 Å². The van der Waals surface area contributed by atoms with E-state index in [1.165, 1.54) is 24.3 Å². The number of aromatic nitrogens is 2. The SMILES string of the molecule is O=C(O)c1ccc(NCc2ccc(F)cc2)nn1. The summed E-state index contributed by atoms with van der Waals surface area (Å²) in [6, 6.07) is 8.94. The fraction of sp³-hybridized carbons (Fsp3) is 0.0833. The first kappa shape index (κ1) is 12.0. The van der Waals surface area contributed by atoms with Crippen molar-refractivity contribution in [3.8, 4) is 0 Å². The molecule has 2 N–H and O–H groups in total. The minimum atomic E-state index is -1.12. The fourth-order valence-corrected chi connectivity index (χ4v) is 1.34. The number of aromatic carboxylic acids is 1. The number of benzene rings is 1. The Morgan fingerprint density at radius 1 is 1.17 bits per heavy atom. The Hall–Kier alpha value is -2.50. The molecule has 0 atom stereocenters. The molecule has 0 bridgehead atoms. The normalized spacial score (nSPS) is 10.1. The zero-order valence-corrected chi connectivity index (χ0v) is 9.30. The molecular weight excluding hydrogens is 237 g/mol. The molecule has 0 saturated carbocycles. The van der Waals surface area contributed by atoms with Crippen LogP contribution >= 0.6 is 0 Å². The van der Waals surface area contributed by atoms with Crippen molar-refractivity contribution in [3.05, 3.63) is 53.5 Å². The number of rotatable bonds is 4. The first-order valence-corrected chi connectivity index (χ1v) is 5.20. The first-order valence-electron chi connectivity index (χ1n) is 5.20. The van der Waals surface area contributed by atoms with Gasteiger partial charge in [-0.15, -0.1) is 10.2 Å². The van der Waals surface area contributed by atoms with Gasteiger partial charge in [0.05, 0.1) is 0 Å². The van der Waals surface area contributed by atoms with E-state index in [4.69, 9.17) is 5.11 Å². The van der Waals surface area contributed by atoms with E-state index in [2.05, 4.69) is 15.5 Å². The average Bonchev–Trinajstić information content (AvgIpc) is 2.38. The van der Waals surface area contributed by atoms with E-state index in [0.29, 0.717) is 12.4 Å². The molecular formula is C12H10FN3O2. The van der Waals surface area contributed by atoms with Gasteiger partial charge >= 0.3 is 5.97 Å². The molecule has 1 aromatic carbocycles. The Morgan fingerprint density at radius 2 is 1.89 bits per heavy atom. The van der Waals surface area contributed by atoms with E-state index in [1.807, 2.05) is 0 Å². The quantitative estimate of drug-likeness (QED) is 0.863. The summed E-state index contributed by atoms with van der Waals surface area (Å²) in [5.74, 6) is -0.943. The number of nitrogens with zero attached hydrogens (tertiary/aromatic N) is 2. The standard InChI is InChI=1S/C12H10FN3O2/c13-9-3-1-8(2-4-9)7-14-11-6-5-10(12(17)18)15-16-11/h1-6H,7H2,(H,14,16)(H,17,18). The smallest absolute Gasteiger partial charge is 0.356 e. The number of carboxylic acids is 1. The lowest BCUT2D eigenvalue weighted by Gasteiger charge is -2.04. The predicted octanol–water partition coefficient (Wildman–Crippen LogP) is 1.93. The van der Waals surface area contributed by atoms with Crippen LogP contribution in [0.15, 0.2) is 36.4 Å². The van der Waals surface area contributed by atoms with Crippen LogP contribution in [0.25, 0.3) is 0 Å². The second-order valence-corrected chi connectivity index (χ2v) is 3.59. The maximum atomic E-state index is 12.7. The van der Waals surface area contributed by atoms with Gasteiger partial charge in [0.25, 0.3) is 0 Å². The van der Waals surface area contributed by atoms with E-state index in [1.54, 1.807) is 12.1 Å². The molecule has 1 aromatic heterocycles. The minimum Gasteiger partial charge on any atom is -0.476 e. The molecule has 0 amide bonds. The van der Waals surface area contributed by atoms with Gasteiger partial charge in [-0.1, -0.05) is 12.1 Å². The third kappa shape index (κ3) is 3.00. The summed E-state index contributed by atoms with van der Waals surface area (Å²) in [6.45, 7) is 0.460. The molecule has 92 valence electrons. The van der Waals surface area contributed by atoms with Gasteiger partial charge in [-0.25, -0.2) is 9.18 Å². The lowest BCUT2D eigenvalue weighted by atomic mass is 10.2. The van der Waals surface area contributed by atoms with Crippen molar-refractivity contribution in [1.82, 2.24) is 10.2 Å². The van der Waals surface area contributed by atoms with Crippen molar-refractivity contribution in [2.45, 2.75) is 6.54 Å². The van der Waals surface area contributed by atoms with Gasteiger partial charge in [-0.3, -0.25) is 0 Å². The van der Waals surface area contributed by atoms with Crippen LogP contribution in [0.2, 0.25) is 0 Å². The highest BCUT2D eigenvalue weighted by molar-refractivity contribution is 5.85. The topological polar surface area (TPSA) is 75.1 Å². The van der Waals surface area contributed by atoms with Crippen LogP contribution in [0.4, 0.5) is 10.2 Å². The van der Waals surface area contributed by atoms with Gasteiger partial charge in [0.15, 0.2) is 5.69 Å². The second-order valence-electron chi connectivity index (χ2n) is 3.59. The molecule has 0 spiro atoms. The molecule has 0 radical (unpaired) electrons. The lowest BCUT2D eigenvalue weighted by molar-refractivity contribution is 0.0689. The van der Waals surface area contributed by atoms with Crippen LogP contribution in [0.3, 0.4) is 0 Å². The maximum Gasteiger partial charge on any atom is 0.356 e. The summed E-state index contributed by atoms with van der Waals surface area (Å²) >= 11 is 0. The predicted molar refractivity (Wildman–Crippen MR) is 62.7 cm³/mol. The highest BCUT2D eigenvalue weighted by atomic mass is 19.1. The number of carbonyl (C=O) groups is 1. The largest absolute Gasteiger partial charge is 0.476 e. The fourth-order valence-electron chi connectivity index (χ4n) is 1.34. The van der Waals surface area contributed by atoms with Gasteiger partial charge in [-0.05, 0) is 29.8 Å². The molecule has 0 unspecified atom stereocenters. The van der Waals surface area contributed by atoms with E-state index >= 15 is 0 Å². The van der Waals surface area contributed by atoms with Crippen LogP contribution in [0, 0.1) is 5.82 Å². The minimum absolute atomic E-state index is 0.109. The zero-order chi connectivity index (χ0) is 13.0. The summed E-state index contributed by atoms with van der Waals surface area (Å²) < 4.78 is 12.7. The molecule has 2 rings (SSSR count). The summed E-state index contributed by atoms with van der Waals surface area (Å²) in [4.78, 5) is 10.6. The van der Waals surface area contributed by atoms with Crippen LogP contribution < -0.4 is 5.32 Å². The summed E-state index contributed by atoms with van der Waals surface area (Å²) in [5.41, 5.74) is 0.780. The highest BCUT2D eigenvalue weighted by Crippen LogP contribution is 2.07. The van der Waals surface area contributed by atoms with Crippen molar-refractivity contribution in [2.24, 2.45) is 0 Å². The van der Waals surface area contributed by atoms with Crippen LogP contribution in [0.1, 0.15) is 16.1 Å². The summed E-state index contributed by atoms with van der Waals surface area (Å²) in [7, 11) is 0. The average molecular weight is 247 g/mol. The first-order chi connectivity index (χ1) is 8.65. The van der Waals surface area contributed by atoms with Crippen LogP contribution in [-0.4, -0.2) is 21.3 Å². The molecule has 0 aliphatic rings. The molecule has 0 fully saturated rings. The number of nitrogens with one attached hydrogen (secondary N) is 1. The van der Waals surface area contributed by atoms with Crippen molar-refractivity contribution in [1.29, 1.82) is 0 Å². The summed E-state index contributed by atoms with van der Waals surface area (Å²) in [5, 5.41) is 18.9. The Bertz CT molecular complexity index is 540. The molecule has 0 aliphatic heterocycles. The Morgan fingerprint density at radius 3 is 2.44 bits per heavy atom. The molecule has 1 heterocycles. The molecule has 2 aromatic rings. The number of anilines is 1. The monoisotopic (exact) mass is 247 g/mol. The lowest BCUT2D eigenvalue weighted by Crippen LogP contribution is -2.06. The van der Waals surface area contributed by atoms with Gasteiger partial charge in [0, 0.05) is 6.54 Å². The van der Waals surface area contributed by atoms with Crippen molar-refractivity contribution >= 4 is 11.8 Å². The van der Waals surface area contributed by atoms with Gasteiger partial charge in [0.2, 0.25) is 0 Å². The second kappa shape index (κ2) is 5.22. The Balaban J connectivity index is 1.97. The third-order valence-corrected chi connectivity index (χ3v) is 2.27.